The van der Waals surface area contributed by atoms with Crippen molar-refractivity contribution in [3.63, 3.8) is 0 Å². The number of hydrogen-bond donors (Lipinski definition) is 3. The third kappa shape index (κ3) is 2.75. The zero-order valence-electron chi connectivity index (χ0n) is 11.1. The van der Waals surface area contributed by atoms with Crippen LogP contribution >= 0.6 is 23.7 Å². The lowest BCUT2D eigenvalue weighted by Crippen LogP contribution is -2.29. The summed E-state index contributed by atoms with van der Waals surface area (Å²) in [5.74, 6) is -2.73. The van der Waals surface area contributed by atoms with Crippen LogP contribution in [-0.4, -0.2) is 22.4 Å². The predicted octanol–water partition coefficient (Wildman–Crippen LogP) is 2.29. The number of nitrogen functional groups attached to an aromatic ring is 2. The molecule has 0 amide bonds. The standard InChI is InChI=1S/C12H15F2N5S.ClH/c13-12(14)3-5(1-2-15)8-6(4-12)7-9(20-8)10(16)19-11(17)18-7;/h5H,1-4,15H2,(H4,16,17,18,19);1H. The molecule has 3 rings (SSSR count). The average molecular weight is 336 g/mol. The number of alkyl halides is 2. The molecule has 1 aliphatic rings. The van der Waals surface area contributed by atoms with Crippen LogP contribution in [0.25, 0.3) is 10.2 Å². The quantitative estimate of drug-likeness (QED) is 0.781. The van der Waals surface area contributed by atoms with Gasteiger partial charge < -0.3 is 17.2 Å². The van der Waals surface area contributed by atoms with Gasteiger partial charge in [0.05, 0.1) is 10.2 Å². The number of nitrogens with zero attached hydrogens (tertiary/aromatic N) is 2. The highest BCUT2D eigenvalue weighted by Crippen LogP contribution is 2.48. The minimum absolute atomic E-state index is 0. The minimum atomic E-state index is -2.74. The molecule has 116 valence electrons. The number of fused-ring (bicyclic) bond motifs is 3. The summed E-state index contributed by atoms with van der Waals surface area (Å²) in [6, 6.07) is 0. The first-order chi connectivity index (χ1) is 9.41. The van der Waals surface area contributed by atoms with E-state index in [1.165, 1.54) is 11.3 Å². The van der Waals surface area contributed by atoms with Gasteiger partial charge in [0.1, 0.15) is 5.82 Å². The fourth-order valence-electron chi connectivity index (χ4n) is 2.80. The van der Waals surface area contributed by atoms with Crippen LogP contribution in [-0.2, 0) is 6.42 Å². The van der Waals surface area contributed by atoms with E-state index >= 15 is 0 Å². The van der Waals surface area contributed by atoms with Gasteiger partial charge in [-0.2, -0.15) is 4.98 Å². The van der Waals surface area contributed by atoms with Gasteiger partial charge >= 0.3 is 0 Å². The normalized spacial score (nSPS) is 20.0. The molecule has 5 nitrogen and oxygen atoms in total. The first-order valence-corrected chi connectivity index (χ1v) is 7.15. The van der Waals surface area contributed by atoms with Gasteiger partial charge in [-0.15, -0.1) is 23.7 Å². The third-order valence-corrected chi connectivity index (χ3v) is 4.98. The van der Waals surface area contributed by atoms with Gasteiger partial charge in [-0.25, -0.2) is 13.8 Å². The Bertz CT molecular complexity index is 675. The smallest absolute Gasteiger partial charge is 0.252 e. The molecular weight excluding hydrogens is 320 g/mol. The Balaban J connectivity index is 0.00000161. The second-order valence-electron chi connectivity index (χ2n) is 5.10. The van der Waals surface area contributed by atoms with Gasteiger partial charge in [0.2, 0.25) is 5.95 Å². The molecule has 2 heterocycles. The highest BCUT2D eigenvalue weighted by Gasteiger charge is 2.41. The molecule has 0 saturated carbocycles. The number of aromatic nitrogens is 2. The summed E-state index contributed by atoms with van der Waals surface area (Å²) in [5, 5.41) is 0. The Morgan fingerprint density at radius 3 is 2.67 bits per heavy atom. The van der Waals surface area contributed by atoms with Crippen molar-refractivity contribution in [2.45, 2.75) is 31.1 Å². The maximum atomic E-state index is 13.9. The summed E-state index contributed by atoms with van der Waals surface area (Å²) in [6.07, 6.45) is 0.0321. The van der Waals surface area contributed by atoms with Gasteiger partial charge in [-0.1, -0.05) is 0 Å². The van der Waals surface area contributed by atoms with Crippen molar-refractivity contribution in [1.29, 1.82) is 0 Å². The Morgan fingerprint density at radius 2 is 2.00 bits per heavy atom. The number of halogens is 3. The number of hydrogen-bond acceptors (Lipinski definition) is 6. The van der Waals surface area contributed by atoms with Crippen molar-refractivity contribution < 1.29 is 8.78 Å². The van der Waals surface area contributed by atoms with Crippen LogP contribution in [0.3, 0.4) is 0 Å². The molecule has 0 saturated heterocycles. The van der Waals surface area contributed by atoms with E-state index in [0.29, 0.717) is 28.7 Å². The molecule has 2 aromatic rings. The molecule has 21 heavy (non-hydrogen) atoms. The van der Waals surface area contributed by atoms with Crippen molar-refractivity contribution in [3.8, 4) is 0 Å². The van der Waals surface area contributed by atoms with Crippen LogP contribution in [0.4, 0.5) is 20.5 Å². The van der Waals surface area contributed by atoms with Crippen LogP contribution in [0.2, 0.25) is 0 Å². The fraction of sp³-hybridized carbons (Fsp3) is 0.500. The molecule has 9 heteroatoms. The van der Waals surface area contributed by atoms with Crippen LogP contribution in [0, 0.1) is 0 Å². The predicted molar refractivity (Wildman–Crippen MR) is 83.2 cm³/mol. The van der Waals surface area contributed by atoms with Crippen molar-refractivity contribution >= 4 is 45.7 Å². The number of anilines is 2. The van der Waals surface area contributed by atoms with Crippen LogP contribution < -0.4 is 17.2 Å². The molecule has 0 aromatic carbocycles. The highest BCUT2D eigenvalue weighted by molar-refractivity contribution is 7.19. The second kappa shape index (κ2) is 5.51. The zero-order chi connectivity index (χ0) is 14.5. The summed E-state index contributed by atoms with van der Waals surface area (Å²) >= 11 is 1.39. The Labute approximate surface area is 130 Å². The number of nitrogens with two attached hydrogens (primary N) is 3. The van der Waals surface area contributed by atoms with Crippen LogP contribution in [0.1, 0.15) is 29.2 Å². The monoisotopic (exact) mass is 335 g/mol. The van der Waals surface area contributed by atoms with E-state index in [9.17, 15) is 8.78 Å². The molecule has 1 aliphatic carbocycles. The molecule has 0 fully saturated rings. The molecule has 0 aliphatic heterocycles. The van der Waals surface area contributed by atoms with Crippen LogP contribution in [0.5, 0.6) is 0 Å². The zero-order valence-corrected chi connectivity index (χ0v) is 12.7. The highest BCUT2D eigenvalue weighted by atomic mass is 35.5. The van der Waals surface area contributed by atoms with E-state index in [4.69, 9.17) is 17.2 Å². The first kappa shape index (κ1) is 16.1. The third-order valence-electron chi connectivity index (χ3n) is 3.57. The lowest BCUT2D eigenvalue weighted by Gasteiger charge is -2.28. The van der Waals surface area contributed by atoms with E-state index in [2.05, 4.69) is 9.97 Å². The van der Waals surface area contributed by atoms with Gasteiger partial charge in [0.15, 0.2) is 0 Å². The molecule has 0 bridgehead atoms. The van der Waals surface area contributed by atoms with Crippen molar-refractivity contribution in [2.75, 3.05) is 18.0 Å². The van der Waals surface area contributed by atoms with E-state index in [0.717, 1.165) is 4.88 Å². The molecule has 0 spiro atoms. The van der Waals surface area contributed by atoms with E-state index in [-0.39, 0.29) is 42.9 Å². The van der Waals surface area contributed by atoms with Crippen LogP contribution in [0.15, 0.2) is 0 Å². The molecule has 6 N–H and O–H groups in total. The maximum absolute atomic E-state index is 13.9. The van der Waals surface area contributed by atoms with Gasteiger partial charge in [-0.05, 0) is 18.5 Å². The lowest BCUT2D eigenvalue weighted by atomic mass is 9.84. The number of thiophene rings is 1. The second-order valence-corrected chi connectivity index (χ2v) is 6.15. The van der Waals surface area contributed by atoms with Crippen molar-refractivity contribution in [2.24, 2.45) is 5.73 Å². The Morgan fingerprint density at radius 1 is 1.29 bits per heavy atom. The molecule has 1 unspecified atom stereocenters. The summed E-state index contributed by atoms with van der Waals surface area (Å²) in [5.41, 5.74) is 18.0. The summed E-state index contributed by atoms with van der Waals surface area (Å²) in [4.78, 5) is 8.90. The SMILES string of the molecule is Cl.NCCC1CC(F)(F)Cc2c1sc1c(N)nc(N)nc21. The van der Waals surface area contributed by atoms with Gasteiger partial charge in [0, 0.05) is 23.6 Å². The first-order valence-electron chi connectivity index (χ1n) is 6.33. The average Bonchev–Trinajstić information content (AvgIpc) is 2.67. The summed E-state index contributed by atoms with van der Waals surface area (Å²) in [7, 11) is 0. The minimum Gasteiger partial charge on any atom is -0.382 e. The molecule has 0 radical (unpaired) electrons. The summed E-state index contributed by atoms with van der Waals surface area (Å²) < 4.78 is 28.5. The summed E-state index contributed by atoms with van der Waals surface area (Å²) in [6.45, 7) is 0.373. The molecule has 2 aromatic heterocycles. The topological polar surface area (TPSA) is 104 Å². The lowest BCUT2D eigenvalue weighted by molar-refractivity contribution is -0.0201. The molecular formula is C12H16ClF2N5S. The molecule has 1 atom stereocenters. The Hall–Kier alpha value is -1.25. The number of rotatable bonds is 2. The van der Waals surface area contributed by atoms with Crippen molar-refractivity contribution in [3.05, 3.63) is 10.4 Å². The van der Waals surface area contributed by atoms with Crippen molar-refractivity contribution in [1.82, 2.24) is 9.97 Å². The van der Waals surface area contributed by atoms with E-state index in [1.54, 1.807) is 0 Å². The largest absolute Gasteiger partial charge is 0.382 e. The van der Waals surface area contributed by atoms with E-state index in [1.807, 2.05) is 0 Å². The van der Waals surface area contributed by atoms with Gasteiger partial charge in [-0.3, -0.25) is 0 Å². The van der Waals surface area contributed by atoms with Gasteiger partial charge in [0.25, 0.3) is 5.92 Å². The Kier molecular flexibility index (Phi) is 4.23. The van der Waals surface area contributed by atoms with E-state index < -0.39 is 5.92 Å². The fourth-order valence-corrected chi connectivity index (χ4v) is 4.09. The maximum Gasteiger partial charge on any atom is 0.252 e.